The van der Waals surface area contributed by atoms with Gasteiger partial charge in [-0.3, -0.25) is 9.48 Å². The highest BCUT2D eigenvalue weighted by atomic mass is 16.2. The van der Waals surface area contributed by atoms with Gasteiger partial charge in [0.15, 0.2) is 0 Å². The predicted molar refractivity (Wildman–Crippen MR) is 64.1 cm³/mol. The third-order valence-corrected chi connectivity index (χ3v) is 2.51. The van der Waals surface area contributed by atoms with E-state index in [0.29, 0.717) is 6.42 Å². The molecule has 0 aliphatic rings. The van der Waals surface area contributed by atoms with E-state index in [2.05, 4.69) is 17.0 Å². The average molecular weight is 222 g/mol. The lowest BCUT2D eigenvalue weighted by Crippen LogP contribution is -2.35. The van der Waals surface area contributed by atoms with Gasteiger partial charge in [0, 0.05) is 7.05 Å². The second-order valence-corrected chi connectivity index (χ2v) is 3.79. The van der Waals surface area contributed by atoms with E-state index in [0.717, 1.165) is 17.1 Å². The molecule has 0 aliphatic carbocycles. The maximum Gasteiger partial charge on any atom is 0.241 e. The molecule has 16 heavy (non-hydrogen) atoms. The number of rotatable bonds is 4. The van der Waals surface area contributed by atoms with Gasteiger partial charge in [-0.1, -0.05) is 6.08 Å². The number of nitrogens with zero attached hydrogens (tertiary/aromatic N) is 2. The molecule has 1 unspecified atom stereocenters. The Labute approximate surface area is 95.3 Å². The maximum absolute atomic E-state index is 11.7. The number of carbonyl (C=O) groups is 1. The zero-order valence-corrected chi connectivity index (χ0v) is 9.95. The molecule has 0 saturated carbocycles. The van der Waals surface area contributed by atoms with Gasteiger partial charge in [-0.15, -0.1) is 6.58 Å². The van der Waals surface area contributed by atoms with Crippen molar-refractivity contribution in [3.8, 4) is 0 Å². The van der Waals surface area contributed by atoms with Crippen LogP contribution in [0.1, 0.15) is 17.8 Å². The molecular formula is C11H18N4O. The lowest BCUT2D eigenvalue weighted by atomic mass is 10.2. The smallest absolute Gasteiger partial charge is 0.241 e. The molecule has 0 saturated heterocycles. The standard InChI is InChI=1S/C11H18N4O/c1-5-6-9(12)11(16)13-10-7(2)14-15(4)8(10)3/h5,9H,1,6,12H2,2-4H3,(H,13,16). The van der Waals surface area contributed by atoms with Crippen molar-refractivity contribution in [1.29, 1.82) is 0 Å². The minimum atomic E-state index is -0.559. The number of hydrogen-bond donors (Lipinski definition) is 2. The summed E-state index contributed by atoms with van der Waals surface area (Å²) in [4.78, 5) is 11.7. The largest absolute Gasteiger partial charge is 0.322 e. The minimum absolute atomic E-state index is 0.209. The van der Waals surface area contributed by atoms with Crippen LogP contribution >= 0.6 is 0 Å². The summed E-state index contributed by atoms with van der Waals surface area (Å²) >= 11 is 0. The summed E-state index contributed by atoms with van der Waals surface area (Å²) in [5.74, 6) is -0.209. The van der Waals surface area contributed by atoms with E-state index < -0.39 is 6.04 Å². The highest BCUT2D eigenvalue weighted by molar-refractivity contribution is 5.95. The van der Waals surface area contributed by atoms with Gasteiger partial charge in [0.1, 0.15) is 0 Å². The summed E-state index contributed by atoms with van der Waals surface area (Å²) in [6, 6.07) is -0.559. The molecule has 1 rings (SSSR count). The lowest BCUT2D eigenvalue weighted by Gasteiger charge is -2.10. The fourth-order valence-electron chi connectivity index (χ4n) is 1.46. The second-order valence-electron chi connectivity index (χ2n) is 3.79. The van der Waals surface area contributed by atoms with E-state index in [1.165, 1.54) is 0 Å². The van der Waals surface area contributed by atoms with Crippen LogP contribution < -0.4 is 11.1 Å². The van der Waals surface area contributed by atoms with Crippen LogP contribution in [0.2, 0.25) is 0 Å². The van der Waals surface area contributed by atoms with E-state index in [1.807, 2.05) is 20.9 Å². The van der Waals surface area contributed by atoms with E-state index in [4.69, 9.17) is 5.73 Å². The average Bonchev–Trinajstić information content (AvgIpc) is 2.45. The predicted octanol–water partition coefficient (Wildman–Crippen LogP) is 0.879. The summed E-state index contributed by atoms with van der Waals surface area (Å²) in [7, 11) is 1.83. The van der Waals surface area contributed by atoms with Crippen LogP contribution in [0.3, 0.4) is 0 Å². The van der Waals surface area contributed by atoms with Gasteiger partial charge in [-0.05, 0) is 20.3 Å². The number of aromatic nitrogens is 2. The fraction of sp³-hybridized carbons (Fsp3) is 0.455. The van der Waals surface area contributed by atoms with Crippen molar-refractivity contribution in [1.82, 2.24) is 9.78 Å². The van der Waals surface area contributed by atoms with Crippen molar-refractivity contribution in [2.75, 3.05) is 5.32 Å². The number of hydrogen-bond acceptors (Lipinski definition) is 3. The number of nitrogens with two attached hydrogens (primary N) is 1. The molecule has 0 radical (unpaired) electrons. The van der Waals surface area contributed by atoms with E-state index in [1.54, 1.807) is 10.8 Å². The first-order chi connectivity index (χ1) is 7.47. The second kappa shape index (κ2) is 4.94. The Bertz CT molecular complexity index is 408. The summed E-state index contributed by atoms with van der Waals surface area (Å²) in [6.07, 6.45) is 2.09. The molecule has 0 aliphatic heterocycles. The number of aryl methyl sites for hydroxylation is 2. The van der Waals surface area contributed by atoms with Crippen LogP contribution in [-0.4, -0.2) is 21.7 Å². The Morgan fingerprint density at radius 1 is 1.69 bits per heavy atom. The molecule has 5 nitrogen and oxygen atoms in total. The monoisotopic (exact) mass is 222 g/mol. The highest BCUT2D eigenvalue weighted by Gasteiger charge is 2.16. The fourth-order valence-corrected chi connectivity index (χ4v) is 1.46. The topological polar surface area (TPSA) is 72.9 Å². The van der Waals surface area contributed by atoms with Crippen LogP contribution in [0.25, 0.3) is 0 Å². The van der Waals surface area contributed by atoms with E-state index in [9.17, 15) is 4.79 Å². The molecule has 0 aromatic carbocycles. The van der Waals surface area contributed by atoms with Crippen LogP contribution in [0.4, 0.5) is 5.69 Å². The Balaban J connectivity index is 2.80. The summed E-state index contributed by atoms with van der Waals surface area (Å²) < 4.78 is 1.73. The van der Waals surface area contributed by atoms with Gasteiger partial charge in [-0.2, -0.15) is 5.10 Å². The van der Waals surface area contributed by atoms with Gasteiger partial charge in [-0.25, -0.2) is 0 Å². The molecule has 0 spiro atoms. The quantitative estimate of drug-likeness (QED) is 0.743. The van der Waals surface area contributed by atoms with E-state index >= 15 is 0 Å². The molecule has 1 atom stereocenters. The van der Waals surface area contributed by atoms with Gasteiger partial charge in [0.05, 0.1) is 23.1 Å². The first-order valence-corrected chi connectivity index (χ1v) is 5.15. The zero-order chi connectivity index (χ0) is 12.3. The van der Waals surface area contributed by atoms with Crippen molar-refractivity contribution in [2.45, 2.75) is 26.3 Å². The molecule has 3 N–H and O–H groups in total. The number of amides is 1. The first-order valence-electron chi connectivity index (χ1n) is 5.15. The Morgan fingerprint density at radius 3 is 2.75 bits per heavy atom. The molecule has 0 fully saturated rings. The van der Waals surface area contributed by atoms with Crippen molar-refractivity contribution in [2.24, 2.45) is 12.8 Å². The zero-order valence-electron chi connectivity index (χ0n) is 9.95. The third kappa shape index (κ3) is 2.49. The molecule has 1 aromatic heterocycles. The van der Waals surface area contributed by atoms with Crippen LogP contribution in [-0.2, 0) is 11.8 Å². The molecule has 5 heteroatoms. The molecule has 1 aromatic rings. The lowest BCUT2D eigenvalue weighted by molar-refractivity contribution is -0.117. The number of anilines is 1. The SMILES string of the molecule is C=CCC(N)C(=O)Nc1c(C)nn(C)c1C. The molecule has 1 amide bonds. The Hall–Kier alpha value is -1.62. The van der Waals surface area contributed by atoms with Crippen molar-refractivity contribution >= 4 is 11.6 Å². The molecule has 88 valence electrons. The first kappa shape index (κ1) is 12.4. The van der Waals surface area contributed by atoms with Gasteiger partial charge in [0.2, 0.25) is 5.91 Å². The summed E-state index contributed by atoms with van der Waals surface area (Å²) in [6.45, 7) is 7.30. The Morgan fingerprint density at radius 2 is 2.31 bits per heavy atom. The molecule has 1 heterocycles. The van der Waals surface area contributed by atoms with Crippen molar-refractivity contribution in [3.05, 3.63) is 24.0 Å². The van der Waals surface area contributed by atoms with Gasteiger partial charge >= 0.3 is 0 Å². The van der Waals surface area contributed by atoms with Crippen LogP contribution in [0.15, 0.2) is 12.7 Å². The normalized spacial score (nSPS) is 12.2. The van der Waals surface area contributed by atoms with Crippen molar-refractivity contribution in [3.63, 3.8) is 0 Å². The highest BCUT2D eigenvalue weighted by Crippen LogP contribution is 2.18. The summed E-state index contributed by atoms with van der Waals surface area (Å²) in [5, 5.41) is 7.00. The number of carbonyl (C=O) groups excluding carboxylic acids is 1. The minimum Gasteiger partial charge on any atom is -0.322 e. The van der Waals surface area contributed by atoms with Crippen LogP contribution in [0.5, 0.6) is 0 Å². The van der Waals surface area contributed by atoms with Crippen LogP contribution in [0, 0.1) is 13.8 Å². The van der Waals surface area contributed by atoms with Gasteiger partial charge in [0.25, 0.3) is 0 Å². The Kier molecular flexibility index (Phi) is 3.84. The molecular weight excluding hydrogens is 204 g/mol. The summed E-state index contributed by atoms with van der Waals surface area (Å²) in [5.41, 5.74) is 8.12. The third-order valence-electron chi connectivity index (χ3n) is 2.51. The number of nitrogens with one attached hydrogen (secondary N) is 1. The maximum atomic E-state index is 11.7. The van der Waals surface area contributed by atoms with E-state index in [-0.39, 0.29) is 5.91 Å². The molecule has 0 bridgehead atoms. The van der Waals surface area contributed by atoms with Crippen molar-refractivity contribution < 1.29 is 4.79 Å². The van der Waals surface area contributed by atoms with Gasteiger partial charge < -0.3 is 11.1 Å².